The summed E-state index contributed by atoms with van der Waals surface area (Å²) in [7, 11) is 0. The number of ether oxygens (including phenoxy) is 6. The van der Waals surface area contributed by atoms with Crippen molar-refractivity contribution >= 4 is 116 Å². The number of pyridine rings is 2. The van der Waals surface area contributed by atoms with Crippen LogP contribution in [-0.2, 0) is 47.8 Å². The maximum atomic E-state index is 14.6. The van der Waals surface area contributed by atoms with Crippen LogP contribution in [0, 0.1) is 69.0 Å². The second kappa shape index (κ2) is 32.2. The fourth-order valence-electron chi connectivity index (χ4n) is 16.6. The van der Waals surface area contributed by atoms with Gasteiger partial charge in [0.1, 0.15) is 67.5 Å². The summed E-state index contributed by atoms with van der Waals surface area (Å²) < 4.78 is 36.8. The number of benzene rings is 2. The van der Waals surface area contributed by atoms with E-state index in [4.69, 9.17) is 61.6 Å². The Balaban J connectivity index is 0.000000208. The molecule has 4 heterocycles. The Bertz CT molecular complexity index is 3930. The highest BCUT2D eigenvalue weighted by Crippen LogP contribution is 2.59. The Kier molecular flexibility index (Phi) is 24.4. The highest BCUT2D eigenvalue weighted by molar-refractivity contribution is 7.99. The molecular formula is C80H104Cl2N4O16S2. The van der Waals surface area contributed by atoms with Gasteiger partial charge in [-0.25, -0.2) is 9.97 Å². The first-order valence-corrected chi connectivity index (χ1v) is 40.4. The van der Waals surface area contributed by atoms with Crippen LogP contribution in [0.4, 0.5) is 0 Å². The maximum Gasteiger partial charge on any atom is 0.310 e. The molecule has 2 unspecified atom stereocenters. The molecule has 4 aromatic rings. The molecule has 2 N–H and O–H groups in total. The van der Waals surface area contributed by atoms with Crippen LogP contribution in [0.1, 0.15) is 185 Å². The van der Waals surface area contributed by atoms with Crippen molar-refractivity contribution < 1.29 is 77.0 Å². The first-order chi connectivity index (χ1) is 49.4. The Morgan fingerprint density at radius 1 is 0.577 bits per heavy atom. The van der Waals surface area contributed by atoms with Gasteiger partial charge in [0, 0.05) is 48.6 Å². The van der Waals surface area contributed by atoms with E-state index < -0.39 is 81.7 Å². The van der Waals surface area contributed by atoms with Crippen LogP contribution in [0.2, 0.25) is 10.0 Å². The van der Waals surface area contributed by atoms with Gasteiger partial charge in [0.05, 0.1) is 84.9 Å². The zero-order valence-electron chi connectivity index (χ0n) is 62.1. The van der Waals surface area contributed by atoms with Crippen LogP contribution in [0.3, 0.4) is 0 Å². The van der Waals surface area contributed by atoms with E-state index in [1.54, 1.807) is 34.9 Å². The van der Waals surface area contributed by atoms with Gasteiger partial charge in [-0.15, -0.1) is 30.1 Å². The average molecular weight is 1510 g/mol. The predicted molar refractivity (Wildman–Crippen MR) is 400 cm³/mol. The first-order valence-electron chi connectivity index (χ1n) is 37.6. The zero-order chi connectivity index (χ0) is 75.1. The van der Waals surface area contributed by atoms with Gasteiger partial charge in [-0.3, -0.25) is 38.4 Å². The summed E-state index contributed by atoms with van der Waals surface area (Å²) in [4.78, 5) is 122. The Morgan fingerprint density at radius 2 is 0.981 bits per heavy atom. The number of ketones is 2. The number of hydrogen-bond acceptors (Lipinski definition) is 18. The van der Waals surface area contributed by atoms with Crippen LogP contribution < -0.4 is 18.9 Å². The lowest BCUT2D eigenvalue weighted by molar-refractivity contribution is -0.157. The smallest absolute Gasteiger partial charge is 0.310 e. The molecule has 24 heteroatoms. The van der Waals surface area contributed by atoms with E-state index in [-0.39, 0.29) is 99.0 Å². The second-order valence-electron chi connectivity index (χ2n) is 32.5. The molecule has 0 radical (unpaired) electrons. The summed E-state index contributed by atoms with van der Waals surface area (Å²) in [5.74, 6) is 0.190. The normalized spacial score (nSPS) is 28.3. The average Bonchev–Trinajstić information content (AvgIpc) is 1.59. The number of halogens is 2. The fourth-order valence-corrected chi connectivity index (χ4v) is 18.4. The lowest BCUT2D eigenvalue weighted by Gasteiger charge is -2.35. The molecule has 0 bridgehead atoms. The molecule has 20 nitrogen and oxygen atoms in total. The molecule has 566 valence electrons. The topological polar surface area (TPSA) is 265 Å². The summed E-state index contributed by atoms with van der Waals surface area (Å²) in [6.45, 7) is 26.5. The third-order valence-corrected chi connectivity index (χ3v) is 25.3. The summed E-state index contributed by atoms with van der Waals surface area (Å²) in [6, 6.07) is 9.17. The van der Waals surface area contributed by atoms with Crippen LogP contribution >= 0.6 is 46.7 Å². The molecule has 6 aliphatic carbocycles. The van der Waals surface area contributed by atoms with Crippen LogP contribution in [0.5, 0.6) is 23.0 Å². The Morgan fingerprint density at radius 3 is 1.32 bits per heavy atom. The van der Waals surface area contributed by atoms with E-state index in [9.17, 15) is 48.6 Å². The number of amides is 2. The molecule has 0 spiro atoms. The minimum atomic E-state index is -1.23. The number of likely N-dealkylation sites (tertiary alicyclic amines) is 2. The zero-order valence-corrected chi connectivity index (χ0v) is 65.2. The van der Waals surface area contributed by atoms with E-state index in [0.717, 1.165) is 50.0 Å². The van der Waals surface area contributed by atoms with Gasteiger partial charge in [-0.2, -0.15) is 0 Å². The highest BCUT2D eigenvalue weighted by atomic mass is 35.5. The molecule has 12 rings (SSSR count). The van der Waals surface area contributed by atoms with Gasteiger partial charge >= 0.3 is 23.9 Å². The quantitative estimate of drug-likeness (QED) is 0.0261. The molecule has 2 amide bonds. The highest BCUT2D eigenvalue weighted by Gasteiger charge is 2.63. The van der Waals surface area contributed by atoms with Crippen molar-refractivity contribution in [1.29, 1.82) is 0 Å². The molecule has 8 fully saturated rings. The molecule has 2 aliphatic heterocycles. The van der Waals surface area contributed by atoms with Gasteiger partial charge in [-0.05, 0) is 146 Å². The largest absolute Gasteiger partial charge is 0.492 e. The standard InChI is InChI=1S/C40H53ClN2O8S.C40H51ClN2O8S/c2*1-7-12-49-31-11-10-27-32(18-33(52-9-3)42-36(27)35(31)41)50-26-16-29(30(44)20-40(38(47)48)19-24(40)8-2)43(21-26)37(46)28(39(4,5)6)17-34(45)51-25-14-22-13-23(22)15-25/h10-11,18,22-26,28-29H,7-9,12-17,19-21H2,1-6H3,(H,47,48);8,10-11,18,22-26,28-29H,2,7,9,12-17,19-21H2,1,3-6H3,(H,47,48)/t2*22-,23+,24-,25?,26-,28-,29+,40-/m11/s1. The molecule has 6 saturated carbocycles. The van der Waals surface area contributed by atoms with Crippen molar-refractivity contribution in [2.45, 2.75) is 232 Å². The van der Waals surface area contributed by atoms with E-state index in [1.165, 1.54) is 29.5 Å². The summed E-state index contributed by atoms with van der Waals surface area (Å²) in [5, 5.41) is 23.8. The van der Waals surface area contributed by atoms with Crippen molar-refractivity contribution in [2.75, 3.05) is 37.8 Å². The lowest BCUT2D eigenvalue weighted by Crippen LogP contribution is -2.48. The summed E-state index contributed by atoms with van der Waals surface area (Å²) >= 11 is 16.7. The van der Waals surface area contributed by atoms with Gasteiger partial charge in [0.15, 0.2) is 11.6 Å². The number of esters is 2. The van der Waals surface area contributed by atoms with Crippen LogP contribution in [0.15, 0.2) is 59.1 Å². The van der Waals surface area contributed by atoms with Crippen molar-refractivity contribution in [1.82, 2.24) is 19.8 Å². The molecule has 16 atom stereocenters. The molecule has 2 aromatic heterocycles. The van der Waals surface area contributed by atoms with Gasteiger partial charge in [-0.1, -0.05) is 112 Å². The van der Waals surface area contributed by atoms with Crippen molar-refractivity contribution in [3.63, 3.8) is 0 Å². The number of nitrogens with zero attached hydrogens (tertiary/aromatic N) is 4. The number of carboxylic acid groups (broad SMARTS) is 2. The third kappa shape index (κ3) is 17.4. The summed E-state index contributed by atoms with van der Waals surface area (Å²) in [6.07, 6.45) is 8.97. The monoisotopic (exact) mass is 1510 g/mol. The number of carboxylic acids is 2. The van der Waals surface area contributed by atoms with Crippen LogP contribution in [0.25, 0.3) is 21.8 Å². The lowest BCUT2D eigenvalue weighted by atomic mass is 9.77. The number of aromatic nitrogens is 2. The molecule has 104 heavy (non-hydrogen) atoms. The number of hydrogen-bond donors (Lipinski definition) is 2. The van der Waals surface area contributed by atoms with Crippen molar-refractivity contribution in [2.24, 2.45) is 69.0 Å². The maximum absolute atomic E-state index is 14.6. The van der Waals surface area contributed by atoms with Gasteiger partial charge in [0.25, 0.3) is 0 Å². The number of rotatable bonds is 32. The first kappa shape index (κ1) is 78.7. The minimum Gasteiger partial charge on any atom is -0.492 e. The van der Waals surface area contributed by atoms with Crippen molar-refractivity contribution in [3.05, 3.63) is 59.1 Å². The number of carbonyl (C=O) groups is 8. The summed E-state index contributed by atoms with van der Waals surface area (Å²) in [5.41, 5.74) is -2.53. The number of carbonyl (C=O) groups excluding carboxylic acids is 6. The minimum absolute atomic E-state index is 0.0826. The van der Waals surface area contributed by atoms with E-state index >= 15 is 0 Å². The number of allylic oxidation sites excluding steroid dienone is 1. The number of Topliss-reactive ketones (excluding diaryl/α,β-unsaturated/α-hetero) is 2. The predicted octanol–water partition coefficient (Wildman–Crippen LogP) is 15.8. The number of thioether (sulfide) groups is 2. The fraction of sp³-hybridized carbons (Fsp3) is 0.650. The van der Waals surface area contributed by atoms with Gasteiger partial charge < -0.3 is 48.4 Å². The number of fused-ring (bicyclic) bond motifs is 4. The second-order valence-corrected chi connectivity index (χ2v) is 35.8. The van der Waals surface area contributed by atoms with Crippen LogP contribution in [-0.4, -0.2) is 152 Å². The SMILES string of the molecule is C=C[C@@H]1C[C@]1(CC(=O)[C@@H]1C[C@@H](Oc2cc(SCC)nc3c(Cl)c(OCCC)ccc23)CN1C(=O)[C@@H](CC(=O)OC1C[C@@H]2C[C@@H]2C1)C(C)(C)C)C(=O)O.CCCOc1ccc2c(O[C@@H]3C[C@@H](C(=O)C[C@]4(C(=O)O)C[C@H]4CC)N(C(=O)[C@@H](CC(=O)OC4C[C@@H]5C[C@@H]5C4)C(C)(C)C)C3)cc(SCC)nc2c1Cl. The molecule has 2 aromatic carbocycles. The molecular weight excluding hydrogens is 1410 g/mol. The van der Waals surface area contributed by atoms with Crippen molar-refractivity contribution in [3.8, 4) is 23.0 Å². The van der Waals surface area contributed by atoms with Gasteiger partial charge in [0.2, 0.25) is 11.8 Å². The molecule has 8 aliphatic rings. The van der Waals surface area contributed by atoms with E-state index in [0.29, 0.717) is 121 Å². The molecule has 2 saturated heterocycles. The third-order valence-electron chi connectivity index (χ3n) is 23.0. The van der Waals surface area contributed by atoms with E-state index in [1.807, 2.05) is 100 Å². The Hall–Kier alpha value is -6.36. The van der Waals surface area contributed by atoms with E-state index in [2.05, 4.69) is 6.58 Å². The Labute approximate surface area is 629 Å². The number of aliphatic carboxylic acids is 2.